The van der Waals surface area contributed by atoms with Crippen LogP contribution in [0.1, 0.15) is 81.8 Å². The third-order valence-corrected chi connectivity index (χ3v) is 13.3. The Morgan fingerprint density at radius 3 is 2.57 bits per heavy atom. The van der Waals surface area contributed by atoms with Crippen molar-refractivity contribution < 1.29 is 28.3 Å². The molecule has 7 heterocycles. The van der Waals surface area contributed by atoms with Crippen LogP contribution in [0.5, 0.6) is 5.75 Å². The number of fused-ring (bicyclic) bond motifs is 7. The Morgan fingerprint density at radius 2 is 1.83 bits per heavy atom. The van der Waals surface area contributed by atoms with Crippen LogP contribution in [0.2, 0.25) is 15.3 Å². The first kappa shape index (κ1) is 37.3. The Hall–Kier alpha value is -5.01. The van der Waals surface area contributed by atoms with Gasteiger partial charge < -0.3 is 39.2 Å². The molecular weight excluding hydrogens is 803 g/mol. The third kappa shape index (κ3) is 4.98. The molecule has 3 aromatic carbocycles. The number of ether oxygens (including phenoxy) is 1. The highest BCUT2D eigenvalue weighted by Crippen LogP contribution is 2.62. The average Bonchev–Trinajstić information content (AvgIpc) is 4.00. The van der Waals surface area contributed by atoms with Gasteiger partial charge in [-0.3, -0.25) is 9.59 Å². The number of rotatable bonds is 6. The number of hydrogen-bond acceptors (Lipinski definition) is 9. The van der Waals surface area contributed by atoms with Crippen molar-refractivity contribution in [1.82, 2.24) is 25.2 Å². The second kappa shape index (κ2) is 13.0. The number of nitrogens with one attached hydrogen (secondary N) is 3. The van der Waals surface area contributed by atoms with Crippen molar-refractivity contribution in [2.24, 2.45) is 5.92 Å². The van der Waals surface area contributed by atoms with Crippen LogP contribution in [0.15, 0.2) is 57.4 Å². The number of benzene rings is 3. The van der Waals surface area contributed by atoms with Gasteiger partial charge in [0, 0.05) is 45.8 Å². The lowest BCUT2D eigenvalue weighted by Gasteiger charge is -2.30. The number of hydrogen-bond donors (Lipinski definition) is 4. The van der Waals surface area contributed by atoms with E-state index < -0.39 is 41.1 Å². The molecule has 10 bridgehead atoms. The topological polar surface area (TPSA) is 157 Å². The first-order chi connectivity index (χ1) is 27.8. The minimum Gasteiger partial charge on any atom is -0.469 e. The second-order valence-corrected chi connectivity index (χ2v) is 17.0. The van der Waals surface area contributed by atoms with Gasteiger partial charge in [0.25, 0.3) is 11.8 Å². The van der Waals surface area contributed by atoms with Crippen molar-refractivity contribution in [1.29, 1.82) is 0 Å². The van der Waals surface area contributed by atoms with Crippen molar-refractivity contribution in [2.45, 2.75) is 89.8 Å². The molecule has 4 aliphatic heterocycles. The monoisotopic (exact) mass is 840 g/mol. The van der Waals surface area contributed by atoms with Crippen molar-refractivity contribution in [2.75, 3.05) is 5.32 Å². The summed E-state index contributed by atoms with van der Waals surface area (Å²) < 4.78 is 22.6. The van der Waals surface area contributed by atoms with Crippen LogP contribution < -0.4 is 20.7 Å². The summed E-state index contributed by atoms with van der Waals surface area (Å²) >= 11 is 21.5. The Bertz CT molecular complexity index is 2750. The van der Waals surface area contributed by atoms with Crippen molar-refractivity contribution in [3.63, 3.8) is 0 Å². The number of amides is 2. The summed E-state index contributed by atoms with van der Waals surface area (Å²) in [4.78, 5) is 37.9. The van der Waals surface area contributed by atoms with Gasteiger partial charge in [0.15, 0.2) is 28.6 Å². The second-order valence-electron chi connectivity index (χ2n) is 15.8. The van der Waals surface area contributed by atoms with E-state index in [4.69, 9.17) is 58.3 Å². The number of aryl methyl sites for hydroxylation is 1. The molecule has 298 valence electrons. The third-order valence-electron chi connectivity index (χ3n) is 12.4. The molecule has 3 aromatic heterocycles. The standard InChI is InChI=1S/C43H39Cl3N6O6/c1-6-42(55,7-2)40(54)47-25-15-19-12-13-27-23(14-19)43-24-17-20(44)16-22(31(24)50-41(43)56-27)21-10-9-11-26-28(21)29(36(46)52(26)8-3)33-35(45)51-39(57-33)32-34(43)58-38(49-32)30(18(4)5)48-37(25)53/h9-14,16-18,25,30,41,50,55H,6-8,15H2,1-5H3,(H,47,54)(H,48,53). The Balaban J connectivity index is 1.31. The molecule has 4 aliphatic rings. The van der Waals surface area contributed by atoms with Gasteiger partial charge in [0.05, 0.1) is 11.1 Å². The van der Waals surface area contributed by atoms with E-state index in [1.54, 1.807) is 13.8 Å². The van der Waals surface area contributed by atoms with E-state index in [0.29, 0.717) is 33.8 Å². The molecule has 0 aliphatic carbocycles. The van der Waals surface area contributed by atoms with E-state index in [0.717, 1.165) is 44.4 Å². The maximum absolute atomic E-state index is 14.4. The van der Waals surface area contributed by atoms with Gasteiger partial charge in [-0.1, -0.05) is 86.8 Å². The molecule has 15 heteroatoms. The summed E-state index contributed by atoms with van der Waals surface area (Å²) in [5.41, 5.74) is 3.42. The number of carbonyl (C=O) groups is 2. The fourth-order valence-corrected chi connectivity index (χ4v) is 10.1. The SMILES string of the molecule is CCn1c(Cl)c2c3c(cccc31)-c1cc(Cl)cc3c1NC1Oc4ccc5cc4C31c1oc(nc1-c1nc(Cl)c-2o1)C(C(C)C)NC(=O)C(NC(=O)C(O)(CC)CC)C5. The van der Waals surface area contributed by atoms with Crippen LogP contribution in [0.4, 0.5) is 5.69 Å². The maximum Gasteiger partial charge on any atom is 0.252 e. The predicted octanol–water partition coefficient (Wildman–Crippen LogP) is 8.80. The van der Waals surface area contributed by atoms with Crippen molar-refractivity contribution in [3.05, 3.63) is 92.2 Å². The summed E-state index contributed by atoms with van der Waals surface area (Å²) in [6, 6.07) is 13.7. The molecule has 4 unspecified atom stereocenters. The molecule has 12 nitrogen and oxygen atoms in total. The Labute approximate surface area is 348 Å². The molecule has 0 fully saturated rings. The normalized spacial score (nSPS) is 21.2. The molecule has 4 atom stereocenters. The zero-order valence-corrected chi connectivity index (χ0v) is 34.5. The number of halogens is 3. The van der Waals surface area contributed by atoms with Gasteiger partial charge >= 0.3 is 0 Å². The van der Waals surface area contributed by atoms with E-state index in [9.17, 15) is 14.7 Å². The lowest BCUT2D eigenvalue weighted by atomic mass is 9.72. The number of nitrogens with zero attached hydrogens (tertiary/aromatic N) is 3. The smallest absolute Gasteiger partial charge is 0.252 e. The van der Waals surface area contributed by atoms with Crippen LogP contribution in [-0.2, 0) is 28.0 Å². The van der Waals surface area contributed by atoms with E-state index >= 15 is 0 Å². The van der Waals surface area contributed by atoms with Crippen LogP contribution in [-0.4, -0.2) is 49.3 Å². The lowest BCUT2D eigenvalue weighted by molar-refractivity contribution is -0.143. The molecule has 0 radical (unpaired) electrons. The number of oxazole rings is 2. The zero-order valence-electron chi connectivity index (χ0n) is 32.2. The fraction of sp³-hybridized carbons (Fsp3) is 0.349. The van der Waals surface area contributed by atoms with Gasteiger partial charge in [-0.2, -0.15) is 4.98 Å². The molecule has 6 aromatic rings. The number of carbonyl (C=O) groups excluding carboxylic acids is 2. The summed E-state index contributed by atoms with van der Waals surface area (Å²) in [5, 5.41) is 22.7. The summed E-state index contributed by atoms with van der Waals surface area (Å²) in [7, 11) is 0. The summed E-state index contributed by atoms with van der Waals surface area (Å²) in [6.07, 6.45) is -0.308. The van der Waals surface area contributed by atoms with E-state index in [2.05, 4.69) is 16.0 Å². The van der Waals surface area contributed by atoms with E-state index in [1.165, 1.54) is 0 Å². The summed E-state index contributed by atoms with van der Waals surface area (Å²) in [5.74, 6) is 0.0989. The van der Waals surface area contributed by atoms with Gasteiger partial charge in [0.1, 0.15) is 34.0 Å². The van der Waals surface area contributed by atoms with Crippen LogP contribution in [0.25, 0.3) is 44.9 Å². The van der Waals surface area contributed by atoms with Gasteiger partial charge in [-0.05, 0) is 61.1 Å². The first-order valence-electron chi connectivity index (χ1n) is 19.6. The molecule has 2 amide bonds. The highest BCUT2D eigenvalue weighted by Gasteiger charge is 2.62. The van der Waals surface area contributed by atoms with Crippen LogP contribution in [0.3, 0.4) is 0 Å². The minimum atomic E-state index is -1.65. The van der Waals surface area contributed by atoms with Gasteiger partial charge in [-0.15, -0.1) is 0 Å². The van der Waals surface area contributed by atoms with Crippen LogP contribution >= 0.6 is 34.8 Å². The highest BCUT2D eigenvalue weighted by atomic mass is 35.5. The van der Waals surface area contributed by atoms with Gasteiger partial charge in [0.2, 0.25) is 11.8 Å². The van der Waals surface area contributed by atoms with Crippen molar-refractivity contribution >= 4 is 63.2 Å². The Kier molecular flexibility index (Phi) is 8.35. The molecule has 0 saturated heterocycles. The summed E-state index contributed by atoms with van der Waals surface area (Å²) in [6.45, 7) is 9.93. The lowest BCUT2D eigenvalue weighted by Crippen LogP contribution is -2.55. The molecule has 10 rings (SSSR count). The fourth-order valence-electron chi connectivity index (χ4n) is 9.30. The average molecular weight is 842 g/mol. The number of anilines is 1. The minimum absolute atomic E-state index is 0.0806. The Morgan fingerprint density at radius 1 is 1.03 bits per heavy atom. The first-order valence-corrected chi connectivity index (χ1v) is 20.7. The molecule has 1 spiro atoms. The highest BCUT2D eigenvalue weighted by molar-refractivity contribution is 6.38. The predicted molar refractivity (Wildman–Crippen MR) is 220 cm³/mol. The van der Waals surface area contributed by atoms with E-state index in [1.807, 2.05) is 73.9 Å². The molecule has 0 saturated carbocycles. The zero-order chi connectivity index (χ0) is 40.6. The molecule has 58 heavy (non-hydrogen) atoms. The van der Waals surface area contributed by atoms with Crippen molar-refractivity contribution in [3.8, 4) is 39.8 Å². The molecule has 4 N–H and O–H groups in total. The largest absolute Gasteiger partial charge is 0.469 e. The molecular formula is C43H39Cl3N6O6. The van der Waals surface area contributed by atoms with Crippen LogP contribution in [0, 0.1) is 5.92 Å². The maximum atomic E-state index is 14.4. The van der Waals surface area contributed by atoms with E-state index in [-0.39, 0.29) is 53.6 Å². The number of aromatic nitrogens is 3. The van der Waals surface area contributed by atoms with Gasteiger partial charge in [-0.25, -0.2) is 4.98 Å². The quantitative estimate of drug-likeness (QED) is 0.129. The number of aliphatic hydroxyl groups is 1.